The molecule has 0 aliphatic carbocycles. The summed E-state index contributed by atoms with van der Waals surface area (Å²) in [5.74, 6) is 0.134. The van der Waals surface area contributed by atoms with E-state index in [0.717, 1.165) is 5.56 Å². The Kier molecular flexibility index (Phi) is 4.24. The van der Waals surface area contributed by atoms with Gasteiger partial charge in [-0.2, -0.15) is 0 Å². The third-order valence-electron chi connectivity index (χ3n) is 2.89. The van der Waals surface area contributed by atoms with E-state index in [1.807, 2.05) is 0 Å². The molecule has 2 aromatic rings. The number of nitro groups is 1. The van der Waals surface area contributed by atoms with Gasteiger partial charge in [-0.05, 0) is 40.5 Å². The van der Waals surface area contributed by atoms with E-state index in [1.54, 1.807) is 37.3 Å². The van der Waals surface area contributed by atoms with Crippen LogP contribution in [0.15, 0.2) is 40.9 Å². The van der Waals surface area contributed by atoms with Gasteiger partial charge in [0.25, 0.3) is 5.69 Å². The van der Waals surface area contributed by atoms with Gasteiger partial charge in [0.15, 0.2) is 0 Å². The molecule has 0 fully saturated rings. The van der Waals surface area contributed by atoms with Gasteiger partial charge in [-0.15, -0.1) is 0 Å². The van der Waals surface area contributed by atoms with Crippen LogP contribution in [-0.2, 0) is 6.54 Å². The number of hydrogen-bond donors (Lipinski definition) is 2. The van der Waals surface area contributed by atoms with E-state index in [0.29, 0.717) is 22.3 Å². The van der Waals surface area contributed by atoms with Crippen LogP contribution in [-0.4, -0.2) is 10.0 Å². The Morgan fingerprint density at radius 1 is 1.35 bits per heavy atom. The zero-order chi connectivity index (χ0) is 14.7. The number of benzene rings is 2. The molecule has 0 heterocycles. The molecule has 5 nitrogen and oxygen atoms in total. The molecule has 0 atom stereocenters. The molecule has 0 amide bonds. The van der Waals surface area contributed by atoms with Gasteiger partial charge in [-0.25, -0.2) is 0 Å². The summed E-state index contributed by atoms with van der Waals surface area (Å²) in [6.45, 7) is 2.10. The van der Waals surface area contributed by atoms with Crippen molar-refractivity contribution >= 4 is 27.3 Å². The van der Waals surface area contributed by atoms with Crippen LogP contribution >= 0.6 is 15.9 Å². The van der Waals surface area contributed by atoms with E-state index in [2.05, 4.69) is 21.2 Å². The van der Waals surface area contributed by atoms with E-state index in [-0.39, 0.29) is 11.4 Å². The smallest absolute Gasteiger partial charge is 0.292 e. The molecule has 0 unspecified atom stereocenters. The molecule has 2 aromatic carbocycles. The van der Waals surface area contributed by atoms with Crippen molar-refractivity contribution in [3.63, 3.8) is 0 Å². The maximum atomic E-state index is 11.0. The lowest BCUT2D eigenvalue weighted by molar-refractivity contribution is -0.384. The minimum atomic E-state index is -0.421. The van der Waals surface area contributed by atoms with E-state index in [1.165, 1.54) is 6.07 Å². The molecule has 0 bridgehead atoms. The standard InChI is InChI=1S/C14H13BrN2O3/c1-9-5-6-12(13(7-9)17(19)20)16-8-10-3-2-4-11(15)14(10)18/h2-7,16,18H,8H2,1H3. The van der Waals surface area contributed by atoms with Crippen molar-refractivity contribution in [2.45, 2.75) is 13.5 Å². The topological polar surface area (TPSA) is 75.4 Å². The van der Waals surface area contributed by atoms with Crippen molar-refractivity contribution in [2.75, 3.05) is 5.32 Å². The summed E-state index contributed by atoms with van der Waals surface area (Å²) in [4.78, 5) is 10.6. The first-order chi connectivity index (χ1) is 9.49. The summed E-state index contributed by atoms with van der Waals surface area (Å²) < 4.78 is 0.593. The molecular formula is C14H13BrN2O3. The SMILES string of the molecule is Cc1ccc(NCc2cccc(Br)c2O)c([N+](=O)[O-])c1. The van der Waals surface area contributed by atoms with Gasteiger partial charge in [-0.1, -0.05) is 18.2 Å². The number of rotatable bonds is 4. The van der Waals surface area contributed by atoms with Gasteiger partial charge in [0.1, 0.15) is 11.4 Å². The Morgan fingerprint density at radius 2 is 2.10 bits per heavy atom. The number of anilines is 1. The molecule has 0 spiro atoms. The number of aromatic hydroxyl groups is 1. The van der Waals surface area contributed by atoms with E-state index in [9.17, 15) is 15.2 Å². The molecule has 6 heteroatoms. The van der Waals surface area contributed by atoms with Crippen molar-refractivity contribution in [3.8, 4) is 5.75 Å². The molecule has 0 aliphatic heterocycles. The summed E-state index contributed by atoms with van der Waals surface area (Å²) in [6.07, 6.45) is 0. The van der Waals surface area contributed by atoms with Crippen LogP contribution in [0.2, 0.25) is 0 Å². The third kappa shape index (κ3) is 3.08. The Hall–Kier alpha value is -2.08. The predicted molar refractivity (Wildman–Crippen MR) is 81.0 cm³/mol. The van der Waals surface area contributed by atoms with E-state index >= 15 is 0 Å². The van der Waals surface area contributed by atoms with Crippen LogP contribution in [0.25, 0.3) is 0 Å². The first kappa shape index (κ1) is 14.3. The largest absolute Gasteiger partial charge is 0.506 e. The normalized spacial score (nSPS) is 10.3. The number of phenols is 1. The minimum absolute atomic E-state index is 0.0273. The maximum absolute atomic E-state index is 11.0. The van der Waals surface area contributed by atoms with E-state index < -0.39 is 4.92 Å². The summed E-state index contributed by atoms with van der Waals surface area (Å²) in [7, 11) is 0. The van der Waals surface area contributed by atoms with Gasteiger partial charge in [0.05, 0.1) is 9.40 Å². The molecule has 0 aliphatic rings. The highest BCUT2D eigenvalue weighted by atomic mass is 79.9. The lowest BCUT2D eigenvalue weighted by Crippen LogP contribution is -2.03. The number of phenolic OH excluding ortho intramolecular Hbond substituents is 1. The highest BCUT2D eigenvalue weighted by molar-refractivity contribution is 9.10. The van der Waals surface area contributed by atoms with E-state index in [4.69, 9.17) is 0 Å². The monoisotopic (exact) mass is 336 g/mol. The first-order valence-corrected chi connectivity index (χ1v) is 6.73. The van der Waals surface area contributed by atoms with Gasteiger partial charge >= 0.3 is 0 Å². The third-order valence-corrected chi connectivity index (χ3v) is 3.53. The van der Waals surface area contributed by atoms with Gasteiger partial charge < -0.3 is 10.4 Å². The molecule has 0 saturated carbocycles. The Morgan fingerprint density at radius 3 is 2.80 bits per heavy atom. The van der Waals surface area contributed by atoms with Gasteiger partial charge in [0.2, 0.25) is 0 Å². The minimum Gasteiger partial charge on any atom is -0.506 e. The molecule has 2 N–H and O–H groups in total. The molecule has 0 radical (unpaired) electrons. The van der Waals surface area contributed by atoms with Crippen LogP contribution in [0.5, 0.6) is 5.75 Å². The fourth-order valence-corrected chi connectivity index (χ4v) is 2.24. The fourth-order valence-electron chi connectivity index (χ4n) is 1.84. The summed E-state index contributed by atoms with van der Waals surface area (Å²) in [5, 5.41) is 23.9. The zero-order valence-electron chi connectivity index (χ0n) is 10.8. The summed E-state index contributed by atoms with van der Waals surface area (Å²) in [5.41, 5.74) is 1.95. The second kappa shape index (κ2) is 5.92. The van der Waals surface area contributed by atoms with Gasteiger partial charge in [-0.3, -0.25) is 10.1 Å². The highest BCUT2D eigenvalue weighted by Crippen LogP contribution is 2.30. The first-order valence-electron chi connectivity index (χ1n) is 5.94. The molecule has 104 valence electrons. The number of aryl methyl sites for hydroxylation is 1. The highest BCUT2D eigenvalue weighted by Gasteiger charge is 2.14. The number of nitrogens with one attached hydrogen (secondary N) is 1. The van der Waals surface area contributed by atoms with Crippen LogP contribution in [0, 0.1) is 17.0 Å². The van der Waals surface area contributed by atoms with Gasteiger partial charge in [0, 0.05) is 18.2 Å². The lowest BCUT2D eigenvalue weighted by Gasteiger charge is -2.10. The van der Waals surface area contributed by atoms with Crippen molar-refractivity contribution < 1.29 is 10.0 Å². The average Bonchev–Trinajstić information content (AvgIpc) is 2.41. The predicted octanol–water partition coefficient (Wildman–Crippen LogP) is 3.98. The number of nitrogens with zero attached hydrogens (tertiary/aromatic N) is 1. The zero-order valence-corrected chi connectivity index (χ0v) is 12.3. The average molecular weight is 337 g/mol. The Balaban J connectivity index is 2.23. The number of halogens is 1. The van der Waals surface area contributed by atoms with Crippen LogP contribution in [0.1, 0.15) is 11.1 Å². The molecule has 2 rings (SSSR count). The molecule has 0 aromatic heterocycles. The van der Waals surface area contributed by atoms with Crippen LogP contribution in [0.4, 0.5) is 11.4 Å². The van der Waals surface area contributed by atoms with Crippen LogP contribution in [0.3, 0.4) is 0 Å². The van der Waals surface area contributed by atoms with Crippen molar-refractivity contribution in [3.05, 3.63) is 62.1 Å². The Bertz CT molecular complexity index is 659. The quantitative estimate of drug-likeness (QED) is 0.654. The summed E-state index contributed by atoms with van der Waals surface area (Å²) in [6, 6.07) is 10.3. The number of hydrogen-bond acceptors (Lipinski definition) is 4. The second-order valence-corrected chi connectivity index (χ2v) is 5.23. The molecule has 20 heavy (non-hydrogen) atoms. The number of nitro benzene ring substituents is 1. The second-order valence-electron chi connectivity index (χ2n) is 4.38. The maximum Gasteiger partial charge on any atom is 0.292 e. The number of para-hydroxylation sites is 1. The van der Waals surface area contributed by atoms with Crippen molar-refractivity contribution in [2.24, 2.45) is 0 Å². The molecule has 0 saturated heterocycles. The van der Waals surface area contributed by atoms with Crippen LogP contribution < -0.4 is 5.32 Å². The summed E-state index contributed by atoms with van der Waals surface area (Å²) >= 11 is 3.23. The van der Waals surface area contributed by atoms with Crippen molar-refractivity contribution in [1.29, 1.82) is 0 Å². The molecular weight excluding hydrogens is 324 g/mol. The van der Waals surface area contributed by atoms with Crippen molar-refractivity contribution in [1.82, 2.24) is 0 Å². The lowest BCUT2D eigenvalue weighted by atomic mass is 10.1. The Labute approximate surface area is 124 Å². The fraction of sp³-hybridized carbons (Fsp3) is 0.143.